The number of benzene rings is 2. The van der Waals surface area contributed by atoms with Crippen LogP contribution < -0.4 is 5.32 Å². The van der Waals surface area contributed by atoms with E-state index in [9.17, 15) is 13.2 Å². The van der Waals surface area contributed by atoms with Crippen molar-refractivity contribution >= 4 is 33.0 Å². The summed E-state index contributed by atoms with van der Waals surface area (Å²) in [6.45, 7) is 0. The minimum absolute atomic E-state index is 0.0915. The number of halogens is 1. The van der Waals surface area contributed by atoms with E-state index >= 15 is 0 Å². The van der Waals surface area contributed by atoms with Crippen LogP contribution in [0, 0.1) is 0 Å². The summed E-state index contributed by atoms with van der Waals surface area (Å²) in [7, 11) is -2.04. The third kappa shape index (κ3) is 3.42. The minimum atomic E-state index is -3.66. The summed E-state index contributed by atoms with van der Waals surface area (Å²) in [5.41, 5.74) is 0.558. The van der Waals surface area contributed by atoms with Crippen molar-refractivity contribution in [3.05, 3.63) is 71.5 Å². The molecule has 0 bridgehead atoms. The number of sulfone groups is 1. The lowest BCUT2D eigenvalue weighted by atomic mass is 10.3. The minimum Gasteiger partial charge on any atom is -0.322 e. The molecule has 1 amide bonds. The molecule has 0 aliphatic rings. The predicted octanol–water partition coefficient (Wildman–Crippen LogP) is 3.16. The van der Waals surface area contributed by atoms with Gasteiger partial charge in [-0.3, -0.25) is 9.48 Å². The Bertz CT molecular complexity index is 1030. The molecule has 6 nitrogen and oxygen atoms in total. The molecule has 0 atom stereocenters. The first kappa shape index (κ1) is 17.2. The van der Waals surface area contributed by atoms with E-state index in [1.165, 1.54) is 35.1 Å². The molecule has 3 aromatic rings. The molecule has 1 N–H and O–H groups in total. The maximum atomic E-state index is 12.7. The number of hydrogen-bond donors (Lipinski definition) is 1. The maximum Gasteiger partial charge on any atom is 0.260 e. The highest BCUT2D eigenvalue weighted by Crippen LogP contribution is 2.24. The summed E-state index contributed by atoms with van der Waals surface area (Å²) in [4.78, 5) is 12.6. The van der Waals surface area contributed by atoms with Gasteiger partial charge in [0.2, 0.25) is 9.84 Å². The molecule has 0 aliphatic heterocycles. The normalized spacial score (nSPS) is 11.3. The Hall–Kier alpha value is -2.64. The lowest BCUT2D eigenvalue weighted by molar-refractivity contribution is 0.102. The first-order chi connectivity index (χ1) is 11.9. The summed E-state index contributed by atoms with van der Waals surface area (Å²) in [6, 6.07) is 14.2. The van der Waals surface area contributed by atoms with Crippen LogP contribution in [-0.2, 0) is 16.9 Å². The second kappa shape index (κ2) is 6.70. The van der Waals surface area contributed by atoms with Crippen molar-refractivity contribution < 1.29 is 13.2 Å². The van der Waals surface area contributed by atoms with Gasteiger partial charge in [-0.05, 0) is 30.3 Å². The molecular weight excluding hydrogens is 362 g/mol. The zero-order chi connectivity index (χ0) is 18.0. The van der Waals surface area contributed by atoms with Gasteiger partial charge in [-0.25, -0.2) is 8.42 Å². The molecule has 128 valence electrons. The molecule has 0 radical (unpaired) electrons. The van der Waals surface area contributed by atoms with Gasteiger partial charge in [-0.1, -0.05) is 35.9 Å². The van der Waals surface area contributed by atoms with Crippen molar-refractivity contribution in [3.8, 4) is 0 Å². The highest BCUT2D eigenvalue weighted by atomic mass is 35.5. The number of aryl methyl sites for hydroxylation is 1. The second-order valence-corrected chi connectivity index (χ2v) is 7.58. The van der Waals surface area contributed by atoms with Gasteiger partial charge in [0.1, 0.15) is 5.15 Å². The van der Waals surface area contributed by atoms with Gasteiger partial charge in [-0.15, -0.1) is 0 Å². The third-order valence-corrected chi connectivity index (χ3v) is 5.78. The molecular formula is C17H14ClN3O3S. The molecule has 8 heteroatoms. The van der Waals surface area contributed by atoms with E-state index in [1.54, 1.807) is 37.4 Å². The van der Waals surface area contributed by atoms with Crippen LogP contribution in [0.15, 0.2) is 70.6 Å². The lowest BCUT2D eigenvalue weighted by Gasteiger charge is -2.08. The fourth-order valence-electron chi connectivity index (χ4n) is 2.25. The van der Waals surface area contributed by atoms with E-state index in [0.717, 1.165) is 0 Å². The van der Waals surface area contributed by atoms with E-state index in [1.807, 2.05) is 0 Å². The number of rotatable bonds is 4. The first-order valence-corrected chi connectivity index (χ1v) is 9.15. The van der Waals surface area contributed by atoms with Crippen LogP contribution in [0.1, 0.15) is 10.4 Å². The van der Waals surface area contributed by atoms with Crippen molar-refractivity contribution in [3.63, 3.8) is 0 Å². The van der Waals surface area contributed by atoms with E-state index in [2.05, 4.69) is 10.4 Å². The van der Waals surface area contributed by atoms with Crippen LogP contribution in [0.3, 0.4) is 0 Å². The van der Waals surface area contributed by atoms with Crippen molar-refractivity contribution in [2.24, 2.45) is 7.05 Å². The highest BCUT2D eigenvalue weighted by molar-refractivity contribution is 7.91. The van der Waals surface area contributed by atoms with Crippen LogP contribution >= 0.6 is 11.6 Å². The van der Waals surface area contributed by atoms with E-state index in [-0.39, 0.29) is 20.5 Å². The largest absolute Gasteiger partial charge is 0.322 e. The molecule has 0 saturated carbocycles. The van der Waals surface area contributed by atoms with Gasteiger partial charge >= 0.3 is 0 Å². The van der Waals surface area contributed by atoms with Crippen molar-refractivity contribution in [2.45, 2.75) is 9.79 Å². The molecule has 0 saturated heterocycles. The van der Waals surface area contributed by atoms with E-state index in [0.29, 0.717) is 5.69 Å². The number of aromatic nitrogens is 2. The van der Waals surface area contributed by atoms with Crippen LogP contribution in [-0.4, -0.2) is 24.1 Å². The Morgan fingerprint density at radius 2 is 1.76 bits per heavy atom. The number of anilines is 1. The Morgan fingerprint density at radius 3 is 2.40 bits per heavy atom. The Kier molecular flexibility index (Phi) is 4.61. The predicted molar refractivity (Wildman–Crippen MR) is 94.5 cm³/mol. The standard InChI is InChI=1S/C17H14ClN3O3S/c1-21-16(18)15(11-19-21)17(22)20-12-6-5-9-14(10-12)25(23,24)13-7-3-2-4-8-13/h2-11H,1H3,(H,20,22). The second-order valence-electron chi connectivity index (χ2n) is 5.27. The summed E-state index contributed by atoms with van der Waals surface area (Å²) in [5.74, 6) is -0.465. The SMILES string of the molecule is Cn1ncc(C(=O)Nc2cccc(S(=O)(=O)c3ccccc3)c2)c1Cl. The molecule has 0 aliphatic carbocycles. The third-order valence-electron chi connectivity index (χ3n) is 3.57. The van der Waals surface area contributed by atoms with Crippen LogP contribution in [0.4, 0.5) is 5.69 Å². The smallest absolute Gasteiger partial charge is 0.260 e. The fraction of sp³-hybridized carbons (Fsp3) is 0.0588. The van der Waals surface area contributed by atoms with Gasteiger partial charge in [0.25, 0.3) is 5.91 Å². The average Bonchev–Trinajstić information content (AvgIpc) is 2.95. The molecule has 0 spiro atoms. The molecule has 2 aromatic carbocycles. The topological polar surface area (TPSA) is 81.1 Å². The summed E-state index contributed by atoms with van der Waals surface area (Å²) >= 11 is 6.00. The number of nitrogens with one attached hydrogen (secondary N) is 1. The van der Waals surface area contributed by atoms with Gasteiger partial charge < -0.3 is 5.32 Å². The summed E-state index contributed by atoms with van der Waals surface area (Å²) < 4.78 is 26.7. The molecule has 0 unspecified atom stereocenters. The zero-order valence-electron chi connectivity index (χ0n) is 13.2. The number of nitrogens with zero attached hydrogens (tertiary/aromatic N) is 2. The average molecular weight is 376 g/mol. The molecule has 1 aromatic heterocycles. The van der Waals surface area contributed by atoms with Crippen molar-refractivity contribution in [2.75, 3.05) is 5.32 Å². The van der Waals surface area contributed by atoms with E-state index in [4.69, 9.17) is 11.6 Å². The van der Waals surface area contributed by atoms with Gasteiger partial charge in [0.05, 0.1) is 21.6 Å². The number of carbonyl (C=O) groups is 1. The number of hydrogen-bond acceptors (Lipinski definition) is 4. The van der Waals surface area contributed by atoms with Crippen molar-refractivity contribution in [1.82, 2.24) is 9.78 Å². The Morgan fingerprint density at radius 1 is 1.08 bits per heavy atom. The summed E-state index contributed by atoms with van der Waals surface area (Å²) in [5, 5.41) is 6.74. The summed E-state index contributed by atoms with van der Waals surface area (Å²) in [6.07, 6.45) is 1.35. The number of amides is 1. The quantitative estimate of drug-likeness (QED) is 0.759. The van der Waals surface area contributed by atoms with Gasteiger partial charge in [0, 0.05) is 12.7 Å². The fourth-order valence-corrected chi connectivity index (χ4v) is 3.76. The molecule has 1 heterocycles. The number of carbonyl (C=O) groups excluding carboxylic acids is 1. The first-order valence-electron chi connectivity index (χ1n) is 7.28. The van der Waals surface area contributed by atoms with Gasteiger partial charge in [-0.2, -0.15) is 5.10 Å². The Balaban J connectivity index is 1.90. The maximum absolute atomic E-state index is 12.7. The van der Waals surface area contributed by atoms with Crippen LogP contribution in [0.2, 0.25) is 5.15 Å². The highest BCUT2D eigenvalue weighted by Gasteiger charge is 2.19. The monoisotopic (exact) mass is 375 g/mol. The van der Waals surface area contributed by atoms with E-state index < -0.39 is 15.7 Å². The van der Waals surface area contributed by atoms with Gasteiger partial charge in [0.15, 0.2) is 0 Å². The Labute approximate surface area is 150 Å². The molecule has 25 heavy (non-hydrogen) atoms. The zero-order valence-corrected chi connectivity index (χ0v) is 14.8. The van der Waals surface area contributed by atoms with Crippen molar-refractivity contribution in [1.29, 1.82) is 0 Å². The lowest BCUT2D eigenvalue weighted by Crippen LogP contribution is -2.12. The molecule has 3 rings (SSSR count). The molecule has 0 fully saturated rings. The van der Waals surface area contributed by atoms with Crippen LogP contribution in [0.5, 0.6) is 0 Å². The van der Waals surface area contributed by atoms with Crippen LogP contribution in [0.25, 0.3) is 0 Å².